The third kappa shape index (κ3) is 6.03. The predicted octanol–water partition coefficient (Wildman–Crippen LogP) is 1.47. The fourth-order valence-electron chi connectivity index (χ4n) is 2.38. The van der Waals surface area contributed by atoms with Crippen LogP contribution in [0.2, 0.25) is 0 Å². The second kappa shape index (κ2) is 9.43. The van der Waals surface area contributed by atoms with Crippen molar-refractivity contribution in [1.82, 2.24) is 10.2 Å². The first-order valence-electron chi connectivity index (χ1n) is 8.06. The average molecular weight is 306 g/mol. The second-order valence-electron chi connectivity index (χ2n) is 5.44. The molecule has 5 heteroatoms. The van der Waals surface area contributed by atoms with Crippen LogP contribution in [0.4, 0.5) is 0 Å². The molecule has 1 N–H and O–H groups in total. The van der Waals surface area contributed by atoms with E-state index in [1.54, 1.807) is 0 Å². The van der Waals surface area contributed by atoms with E-state index in [-0.39, 0.29) is 12.5 Å². The lowest BCUT2D eigenvalue weighted by molar-refractivity contribution is -0.123. The van der Waals surface area contributed by atoms with Crippen molar-refractivity contribution in [2.24, 2.45) is 0 Å². The molecular weight excluding hydrogens is 280 g/mol. The van der Waals surface area contributed by atoms with Gasteiger partial charge in [-0.15, -0.1) is 0 Å². The molecule has 1 amide bonds. The van der Waals surface area contributed by atoms with Gasteiger partial charge in [0.05, 0.1) is 13.2 Å². The zero-order valence-corrected chi connectivity index (χ0v) is 13.3. The summed E-state index contributed by atoms with van der Waals surface area (Å²) in [5.74, 6) is 0.669. The third-order valence-electron chi connectivity index (χ3n) is 3.78. The molecule has 1 saturated heterocycles. The Kier molecular flexibility index (Phi) is 7.19. The number of morpholine rings is 1. The summed E-state index contributed by atoms with van der Waals surface area (Å²) in [5.41, 5.74) is 1.26. The molecule has 1 aromatic carbocycles. The summed E-state index contributed by atoms with van der Waals surface area (Å²) in [5, 5.41) is 2.89. The topological polar surface area (TPSA) is 50.8 Å². The van der Waals surface area contributed by atoms with Crippen LogP contribution in [0, 0.1) is 0 Å². The largest absolute Gasteiger partial charge is 0.484 e. The number of hydrogen-bond donors (Lipinski definition) is 1. The quantitative estimate of drug-likeness (QED) is 0.739. The van der Waals surface area contributed by atoms with Crippen LogP contribution in [0.15, 0.2) is 24.3 Å². The fourth-order valence-corrected chi connectivity index (χ4v) is 2.38. The van der Waals surface area contributed by atoms with Gasteiger partial charge in [-0.2, -0.15) is 0 Å². The molecule has 0 spiro atoms. The number of rotatable bonds is 8. The molecule has 5 nitrogen and oxygen atoms in total. The van der Waals surface area contributed by atoms with Gasteiger partial charge < -0.3 is 14.8 Å². The van der Waals surface area contributed by atoms with Crippen molar-refractivity contribution in [3.8, 4) is 5.75 Å². The number of nitrogens with one attached hydrogen (secondary N) is 1. The molecule has 1 aliphatic rings. The van der Waals surface area contributed by atoms with Gasteiger partial charge in [0.15, 0.2) is 6.61 Å². The zero-order valence-electron chi connectivity index (χ0n) is 13.3. The molecule has 0 saturated carbocycles. The van der Waals surface area contributed by atoms with Crippen LogP contribution < -0.4 is 10.1 Å². The minimum absolute atomic E-state index is 0.0680. The van der Waals surface area contributed by atoms with Crippen LogP contribution in [-0.2, 0) is 16.0 Å². The summed E-state index contributed by atoms with van der Waals surface area (Å²) in [7, 11) is 0. The molecule has 0 radical (unpaired) electrons. The number of hydrogen-bond acceptors (Lipinski definition) is 4. The van der Waals surface area contributed by atoms with Crippen LogP contribution in [0.3, 0.4) is 0 Å². The normalized spacial score (nSPS) is 15.5. The van der Waals surface area contributed by atoms with Gasteiger partial charge in [-0.3, -0.25) is 9.69 Å². The third-order valence-corrected chi connectivity index (χ3v) is 3.78. The predicted molar refractivity (Wildman–Crippen MR) is 86.2 cm³/mol. The standard InChI is InChI=1S/C17H26N2O3/c1-2-15-4-6-16(7-5-15)22-14-17(20)18-8-3-9-19-10-12-21-13-11-19/h4-7H,2-3,8-14H2,1H3,(H,18,20). The highest BCUT2D eigenvalue weighted by atomic mass is 16.5. The van der Waals surface area contributed by atoms with Gasteiger partial charge in [0.2, 0.25) is 0 Å². The Labute approximate surface area is 132 Å². The second-order valence-corrected chi connectivity index (χ2v) is 5.44. The van der Waals surface area contributed by atoms with Crippen molar-refractivity contribution in [3.05, 3.63) is 29.8 Å². The van der Waals surface area contributed by atoms with E-state index in [0.717, 1.165) is 51.4 Å². The van der Waals surface area contributed by atoms with E-state index < -0.39 is 0 Å². The van der Waals surface area contributed by atoms with Gasteiger partial charge in [-0.1, -0.05) is 19.1 Å². The Morgan fingerprint density at radius 2 is 2.00 bits per heavy atom. The van der Waals surface area contributed by atoms with Gasteiger partial charge in [0.25, 0.3) is 5.91 Å². The summed E-state index contributed by atoms with van der Waals surface area (Å²) in [6.45, 7) is 7.49. The van der Waals surface area contributed by atoms with E-state index in [1.807, 2.05) is 24.3 Å². The summed E-state index contributed by atoms with van der Waals surface area (Å²) in [6.07, 6.45) is 1.96. The smallest absolute Gasteiger partial charge is 0.257 e. The highest BCUT2D eigenvalue weighted by Crippen LogP contribution is 2.12. The van der Waals surface area contributed by atoms with E-state index in [9.17, 15) is 4.79 Å². The van der Waals surface area contributed by atoms with Crippen LogP contribution >= 0.6 is 0 Å². The lowest BCUT2D eigenvalue weighted by Crippen LogP contribution is -2.38. The first-order valence-corrected chi connectivity index (χ1v) is 8.06. The van der Waals surface area contributed by atoms with E-state index in [2.05, 4.69) is 17.1 Å². The van der Waals surface area contributed by atoms with Crippen molar-refractivity contribution >= 4 is 5.91 Å². The molecule has 0 aliphatic carbocycles. The Morgan fingerprint density at radius 3 is 2.68 bits per heavy atom. The molecule has 0 aromatic heterocycles. The summed E-state index contributed by atoms with van der Waals surface area (Å²) in [6, 6.07) is 7.86. The minimum Gasteiger partial charge on any atom is -0.484 e. The summed E-state index contributed by atoms with van der Waals surface area (Å²) < 4.78 is 10.8. The van der Waals surface area contributed by atoms with E-state index in [4.69, 9.17) is 9.47 Å². The molecule has 122 valence electrons. The van der Waals surface area contributed by atoms with Gasteiger partial charge in [-0.25, -0.2) is 0 Å². The molecular formula is C17H26N2O3. The lowest BCUT2D eigenvalue weighted by Gasteiger charge is -2.26. The number of carbonyl (C=O) groups is 1. The Hall–Kier alpha value is -1.59. The van der Waals surface area contributed by atoms with Gasteiger partial charge >= 0.3 is 0 Å². The van der Waals surface area contributed by atoms with Gasteiger partial charge in [0.1, 0.15) is 5.75 Å². The van der Waals surface area contributed by atoms with Crippen LogP contribution in [0.1, 0.15) is 18.9 Å². The molecule has 22 heavy (non-hydrogen) atoms. The van der Waals surface area contributed by atoms with Gasteiger partial charge in [-0.05, 0) is 37.1 Å². The number of carbonyl (C=O) groups excluding carboxylic acids is 1. The highest BCUT2D eigenvalue weighted by molar-refractivity contribution is 5.77. The summed E-state index contributed by atoms with van der Waals surface area (Å²) in [4.78, 5) is 14.1. The fraction of sp³-hybridized carbons (Fsp3) is 0.588. The number of aryl methyl sites for hydroxylation is 1. The van der Waals surface area contributed by atoms with Gasteiger partial charge in [0, 0.05) is 19.6 Å². The molecule has 1 heterocycles. The molecule has 0 atom stereocenters. The number of nitrogens with zero attached hydrogens (tertiary/aromatic N) is 1. The Morgan fingerprint density at radius 1 is 1.27 bits per heavy atom. The van der Waals surface area contributed by atoms with Crippen molar-refractivity contribution in [2.75, 3.05) is 46.0 Å². The SMILES string of the molecule is CCc1ccc(OCC(=O)NCCCN2CCOCC2)cc1. The average Bonchev–Trinajstić information content (AvgIpc) is 2.58. The molecule has 1 fully saturated rings. The van der Waals surface area contributed by atoms with Crippen LogP contribution in [0.25, 0.3) is 0 Å². The van der Waals surface area contributed by atoms with E-state index in [0.29, 0.717) is 6.54 Å². The monoisotopic (exact) mass is 306 g/mol. The van der Waals surface area contributed by atoms with Crippen LogP contribution in [0.5, 0.6) is 5.75 Å². The van der Waals surface area contributed by atoms with Crippen molar-refractivity contribution < 1.29 is 14.3 Å². The molecule has 0 bridgehead atoms. The van der Waals surface area contributed by atoms with E-state index in [1.165, 1.54) is 5.56 Å². The summed E-state index contributed by atoms with van der Waals surface area (Å²) >= 11 is 0. The van der Waals surface area contributed by atoms with Crippen molar-refractivity contribution in [2.45, 2.75) is 19.8 Å². The maximum absolute atomic E-state index is 11.7. The molecule has 1 aliphatic heterocycles. The first kappa shape index (κ1) is 16.8. The van der Waals surface area contributed by atoms with Crippen molar-refractivity contribution in [1.29, 1.82) is 0 Å². The zero-order chi connectivity index (χ0) is 15.6. The first-order chi connectivity index (χ1) is 10.8. The molecule has 1 aromatic rings. The Bertz CT molecular complexity index is 442. The molecule has 2 rings (SSSR count). The molecule has 0 unspecified atom stereocenters. The van der Waals surface area contributed by atoms with Crippen molar-refractivity contribution in [3.63, 3.8) is 0 Å². The number of ether oxygens (including phenoxy) is 2. The maximum atomic E-state index is 11.7. The number of amides is 1. The highest BCUT2D eigenvalue weighted by Gasteiger charge is 2.09. The number of benzene rings is 1. The van der Waals surface area contributed by atoms with E-state index >= 15 is 0 Å². The minimum atomic E-state index is -0.0680. The Balaban J connectivity index is 1.55. The lowest BCUT2D eigenvalue weighted by atomic mass is 10.2. The maximum Gasteiger partial charge on any atom is 0.257 e. The van der Waals surface area contributed by atoms with Crippen LogP contribution in [-0.4, -0.2) is 56.8 Å².